The van der Waals surface area contributed by atoms with Crippen LogP contribution >= 0.6 is 11.6 Å². The summed E-state index contributed by atoms with van der Waals surface area (Å²) in [5, 5.41) is 5.50. The van der Waals surface area contributed by atoms with Crippen LogP contribution in [-0.4, -0.2) is 42.4 Å². The van der Waals surface area contributed by atoms with E-state index in [1.807, 2.05) is 6.07 Å². The van der Waals surface area contributed by atoms with Gasteiger partial charge in [0.1, 0.15) is 5.75 Å². The summed E-state index contributed by atoms with van der Waals surface area (Å²) < 4.78 is 5.34. The zero-order chi connectivity index (χ0) is 20.6. The van der Waals surface area contributed by atoms with Crippen molar-refractivity contribution < 1.29 is 19.1 Å². The molecule has 2 aromatic rings. The first-order chi connectivity index (χ1) is 14.0. The van der Waals surface area contributed by atoms with Gasteiger partial charge in [-0.2, -0.15) is 0 Å². The lowest BCUT2D eigenvalue weighted by Crippen LogP contribution is -2.44. The number of likely N-dealkylation sites (tertiary alicyclic amines) is 1. The second-order valence-electron chi connectivity index (χ2n) is 6.76. The topological polar surface area (TPSA) is 87.7 Å². The summed E-state index contributed by atoms with van der Waals surface area (Å²) in [5.74, 6) is -0.776. The first-order valence-electron chi connectivity index (χ1n) is 9.38. The molecule has 1 aliphatic rings. The van der Waals surface area contributed by atoms with Gasteiger partial charge in [-0.15, -0.1) is 0 Å². The van der Waals surface area contributed by atoms with E-state index in [1.165, 1.54) is 0 Å². The number of hydrogen-bond donors (Lipinski definition) is 2. The molecule has 2 N–H and O–H groups in total. The van der Waals surface area contributed by atoms with Gasteiger partial charge in [0, 0.05) is 19.6 Å². The van der Waals surface area contributed by atoms with Crippen LogP contribution in [0.3, 0.4) is 0 Å². The zero-order valence-electron chi connectivity index (χ0n) is 15.8. The third-order valence-corrected chi connectivity index (χ3v) is 5.03. The summed E-state index contributed by atoms with van der Waals surface area (Å²) in [7, 11) is 0. The molecule has 8 heteroatoms. The Balaban J connectivity index is 1.39. The Kier molecular flexibility index (Phi) is 7.08. The van der Waals surface area contributed by atoms with Crippen molar-refractivity contribution in [2.45, 2.75) is 12.8 Å². The minimum atomic E-state index is -0.762. The number of nitrogens with zero attached hydrogens (tertiary/aromatic N) is 1. The fraction of sp³-hybridized carbons (Fsp3) is 0.286. The molecule has 0 aromatic heterocycles. The number of benzene rings is 2. The average Bonchev–Trinajstić information content (AvgIpc) is 2.74. The Morgan fingerprint density at radius 1 is 0.966 bits per heavy atom. The number of rotatable bonds is 4. The summed E-state index contributed by atoms with van der Waals surface area (Å²) in [6.07, 6.45) is 1.06. The fourth-order valence-corrected chi connectivity index (χ4v) is 3.22. The summed E-state index contributed by atoms with van der Waals surface area (Å²) in [6.45, 7) is 1.45. The van der Waals surface area contributed by atoms with Crippen molar-refractivity contribution in [1.82, 2.24) is 10.2 Å². The number of carbonyl (C=O) groups is 3. The molecule has 1 saturated heterocycles. The molecule has 2 aromatic carbocycles. The van der Waals surface area contributed by atoms with Gasteiger partial charge in [-0.05, 0) is 43.0 Å². The molecule has 1 fully saturated rings. The zero-order valence-corrected chi connectivity index (χ0v) is 16.5. The van der Waals surface area contributed by atoms with Crippen molar-refractivity contribution in [3.8, 4) is 5.75 Å². The van der Waals surface area contributed by atoms with Gasteiger partial charge in [-0.3, -0.25) is 9.59 Å². The molecule has 0 radical (unpaired) electrons. The van der Waals surface area contributed by atoms with Gasteiger partial charge in [0.15, 0.2) is 0 Å². The maximum absolute atomic E-state index is 12.2. The van der Waals surface area contributed by atoms with Crippen LogP contribution < -0.4 is 15.4 Å². The van der Waals surface area contributed by atoms with Crippen LogP contribution in [-0.2, 0) is 9.59 Å². The van der Waals surface area contributed by atoms with Crippen molar-refractivity contribution >= 4 is 35.2 Å². The number of para-hydroxylation sites is 2. The second-order valence-corrected chi connectivity index (χ2v) is 7.16. The van der Waals surface area contributed by atoms with Crippen molar-refractivity contribution in [1.29, 1.82) is 0 Å². The van der Waals surface area contributed by atoms with Gasteiger partial charge in [0.05, 0.1) is 10.7 Å². The monoisotopic (exact) mass is 415 g/mol. The minimum Gasteiger partial charge on any atom is -0.410 e. The molecule has 0 unspecified atom stereocenters. The molecule has 0 atom stereocenters. The third-order valence-electron chi connectivity index (χ3n) is 4.70. The van der Waals surface area contributed by atoms with E-state index >= 15 is 0 Å². The van der Waals surface area contributed by atoms with Crippen LogP contribution in [0.2, 0.25) is 5.02 Å². The van der Waals surface area contributed by atoms with E-state index in [2.05, 4.69) is 10.6 Å². The molecule has 1 aliphatic heterocycles. The lowest BCUT2D eigenvalue weighted by molar-refractivity contribution is -0.136. The van der Waals surface area contributed by atoms with Crippen LogP contribution in [0.1, 0.15) is 12.8 Å². The van der Waals surface area contributed by atoms with Crippen LogP contribution in [0.25, 0.3) is 0 Å². The van der Waals surface area contributed by atoms with Gasteiger partial charge in [0.25, 0.3) is 0 Å². The first-order valence-corrected chi connectivity index (χ1v) is 9.76. The first kappa shape index (κ1) is 20.7. The van der Waals surface area contributed by atoms with Gasteiger partial charge in [-0.25, -0.2) is 4.79 Å². The van der Waals surface area contributed by atoms with Crippen LogP contribution in [0.5, 0.6) is 5.75 Å². The van der Waals surface area contributed by atoms with Crippen LogP contribution in [0.4, 0.5) is 10.5 Å². The predicted octanol–water partition coefficient (Wildman–Crippen LogP) is 3.31. The number of hydrogen-bond acceptors (Lipinski definition) is 4. The number of amides is 3. The average molecular weight is 416 g/mol. The molecule has 0 bridgehead atoms. The van der Waals surface area contributed by atoms with Gasteiger partial charge in [-0.1, -0.05) is 41.9 Å². The van der Waals surface area contributed by atoms with E-state index in [1.54, 1.807) is 53.4 Å². The Bertz CT molecular complexity index is 867. The molecular formula is C21H22ClN3O4. The SMILES string of the molecule is O=C(NCC1CCN(C(=O)Oc2ccccc2)CC1)C(=O)Nc1ccccc1Cl. The standard InChI is InChI=1S/C21H22ClN3O4/c22-17-8-4-5-9-18(17)24-20(27)19(26)23-14-15-10-12-25(13-11-15)21(28)29-16-6-2-1-3-7-16/h1-9,15H,10-14H2,(H,23,26)(H,24,27). The smallest absolute Gasteiger partial charge is 0.410 e. The van der Waals surface area contributed by atoms with E-state index < -0.39 is 11.8 Å². The quantitative estimate of drug-likeness (QED) is 0.750. The lowest BCUT2D eigenvalue weighted by Gasteiger charge is -2.31. The number of halogens is 1. The molecule has 3 amide bonds. The van der Waals surface area contributed by atoms with E-state index in [4.69, 9.17) is 16.3 Å². The number of carbonyl (C=O) groups excluding carboxylic acids is 3. The van der Waals surface area contributed by atoms with Gasteiger partial charge < -0.3 is 20.3 Å². The number of ether oxygens (including phenoxy) is 1. The maximum atomic E-state index is 12.2. The molecule has 29 heavy (non-hydrogen) atoms. The highest BCUT2D eigenvalue weighted by Gasteiger charge is 2.25. The molecule has 7 nitrogen and oxygen atoms in total. The van der Waals surface area contributed by atoms with Crippen LogP contribution in [0, 0.1) is 5.92 Å². The van der Waals surface area contributed by atoms with Crippen molar-refractivity contribution in [3.63, 3.8) is 0 Å². The molecule has 0 spiro atoms. The summed E-state index contributed by atoms with van der Waals surface area (Å²) >= 11 is 5.97. The molecule has 1 heterocycles. The highest BCUT2D eigenvalue weighted by Crippen LogP contribution is 2.21. The van der Waals surface area contributed by atoms with Crippen molar-refractivity contribution in [2.75, 3.05) is 25.0 Å². The Morgan fingerprint density at radius 2 is 1.62 bits per heavy atom. The summed E-state index contributed by atoms with van der Waals surface area (Å²) in [4.78, 5) is 37.9. The van der Waals surface area contributed by atoms with Crippen LogP contribution in [0.15, 0.2) is 54.6 Å². The fourth-order valence-electron chi connectivity index (χ4n) is 3.03. The van der Waals surface area contributed by atoms with E-state index in [0.717, 1.165) is 12.8 Å². The molecule has 3 rings (SSSR count). The Hall–Kier alpha value is -3.06. The van der Waals surface area contributed by atoms with E-state index in [0.29, 0.717) is 36.1 Å². The molecule has 152 valence electrons. The highest BCUT2D eigenvalue weighted by molar-refractivity contribution is 6.41. The number of anilines is 1. The van der Waals surface area contributed by atoms with Crippen molar-refractivity contribution in [3.05, 3.63) is 59.6 Å². The Morgan fingerprint density at radius 3 is 2.31 bits per heavy atom. The minimum absolute atomic E-state index is 0.188. The molecular weight excluding hydrogens is 394 g/mol. The third kappa shape index (κ3) is 5.96. The van der Waals surface area contributed by atoms with Gasteiger partial charge >= 0.3 is 17.9 Å². The second kappa shape index (κ2) is 9.93. The largest absolute Gasteiger partial charge is 0.415 e. The highest BCUT2D eigenvalue weighted by atomic mass is 35.5. The normalized spacial score (nSPS) is 14.2. The molecule has 0 aliphatic carbocycles. The summed E-state index contributed by atoms with van der Waals surface area (Å²) in [5.41, 5.74) is 0.388. The van der Waals surface area contributed by atoms with Gasteiger partial charge in [0.2, 0.25) is 0 Å². The lowest BCUT2D eigenvalue weighted by atomic mass is 9.97. The molecule has 0 saturated carbocycles. The Labute approximate surface area is 174 Å². The van der Waals surface area contributed by atoms with E-state index in [-0.39, 0.29) is 12.0 Å². The summed E-state index contributed by atoms with van der Waals surface area (Å²) in [6, 6.07) is 15.6. The van der Waals surface area contributed by atoms with Crippen molar-refractivity contribution in [2.24, 2.45) is 5.92 Å². The van der Waals surface area contributed by atoms with E-state index in [9.17, 15) is 14.4 Å². The predicted molar refractivity (Wildman–Crippen MR) is 110 cm³/mol. The number of nitrogens with one attached hydrogen (secondary N) is 2. The maximum Gasteiger partial charge on any atom is 0.415 e. The number of piperidine rings is 1.